The fraction of sp³-hybridized carbons (Fsp3) is 0.611. The molecule has 1 saturated heterocycles. The van der Waals surface area contributed by atoms with Gasteiger partial charge < -0.3 is 15.1 Å². The predicted octanol–water partition coefficient (Wildman–Crippen LogP) is 1.87. The topological polar surface area (TPSA) is 65.5 Å². The SMILES string of the molecule is CC(C)NC(=O)N1CC[C@]2(C[C@H]2C(=O)N(C)Cc2ccccn2)C1. The fourth-order valence-electron chi connectivity index (χ4n) is 3.63. The van der Waals surface area contributed by atoms with Crippen LogP contribution in [-0.4, -0.2) is 52.9 Å². The molecular weight excluding hydrogens is 304 g/mol. The molecule has 6 nitrogen and oxygen atoms in total. The number of carbonyl (C=O) groups excluding carboxylic acids is 2. The van der Waals surface area contributed by atoms with Gasteiger partial charge in [-0.15, -0.1) is 0 Å². The Hall–Kier alpha value is -2.11. The van der Waals surface area contributed by atoms with Gasteiger partial charge in [0.15, 0.2) is 0 Å². The van der Waals surface area contributed by atoms with Gasteiger partial charge in [0, 0.05) is 43.7 Å². The van der Waals surface area contributed by atoms with E-state index in [0.717, 1.165) is 25.1 Å². The van der Waals surface area contributed by atoms with Gasteiger partial charge >= 0.3 is 6.03 Å². The van der Waals surface area contributed by atoms with E-state index in [1.807, 2.05) is 44.0 Å². The molecule has 1 saturated carbocycles. The summed E-state index contributed by atoms with van der Waals surface area (Å²) < 4.78 is 0. The second kappa shape index (κ2) is 6.42. The smallest absolute Gasteiger partial charge is 0.317 e. The van der Waals surface area contributed by atoms with E-state index in [0.29, 0.717) is 13.1 Å². The minimum atomic E-state index is -0.0122. The van der Waals surface area contributed by atoms with Crippen LogP contribution in [0.4, 0.5) is 4.79 Å². The van der Waals surface area contributed by atoms with Gasteiger partial charge in [0.05, 0.1) is 12.2 Å². The Morgan fingerprint density at radius 1 is 1.46 bits per heavy atom. The van der Waals surface area contributed by atoms with Crippen molar-refractivity contribution >= 4 is 11.9 Å². The summed E-state index contributed by atoms with van der Waals surface area (Å²) >= 11 is 0. The minimum Gasteiger partial charge on any atom is -0.340 e. The van der Waals surface area contributed by atoms with Gasteiger partial charge in [0.25, 0.3) is 0 Å². The lowest BCUT2D eigenvalue weighted by Crippen LogP contribution is -2.42. The molecule has 1 aliphatic heterocycles. The van der Waals surface area contributed by atoms with E-state index in [-0.39, 0.29) is 29.3 Å². The molecule has 1 N–H and O–H groups in total. The molecule has 2 fully saturated rings. The Labute approximate surface area is 143 Å². The molecule has 0 unspecified atom stereocenters. The highest BCUT2D eigenvalue weighted by Crippen LogP contribution is 2.59. The summed E-state index contributed by atoms with van der Waals surface area (Å²) in [7, 11) is 1.83. The predicted molar refractivity (Wildman–Crippen MR) is 91.1 cm³/mol. The first-order valence-electron chi connectivity index (χ1n) is 8.62. The molecule has 0 aromatic carbocycles. The van der Waals surface area contributed by atoms with Crippen molar-refractivity contribution in [3.05, 3.63) is 30.1 Å². The van der Waals surface area contributed by atoms with Gasteiger partial charge in [0.1, 0.15) is 0 Å². The number of rotatable bonds is 4. The Morgan fingerprint density at radius 3 is 2.92 bits per heavy atom. The van der Waals surface area contributed by atoms with E-state index in [2.05, 4.69) is 10.3 Å². The Kier molecular flexibility index (Phi) is 4.47. The Bertz CT molecular complexity index is 619. The largest absolute Gasteiger partial charge is 0.340 e. The van der Waals surface area contributed by atoms with Crippen LogP contribution in [0.5, 0.6) is 0 Å². The molecule has 130 valence electrons. The minimum absolute atomic E-state index is 0.00375. The van der Waals surface area contributed by atoms with Gasteiger partial charge in [-0.25, -0.2) is 4.79 Å². The highest BCUT2D eigenvalue weighted by molar-refractivity contribution is 5.83. The van der Waals surface area contributed by atoms with E-state index in [4.69, 9.17) is 0 Å². The lowest BCUT2D eigenvalue weighted by molar-refractivity contribution is -0.132. The van der Waals surface area contributed by atoms with Crippen LogP contribution in [0.2, 0.25) is 0 Å². The van der Waals surface area contributed by atoms with Crippen molar-refractivity contribution in [3.63, 3.8) is 0 Å². The highest BCUT2D eigenvalue weighted by atomic mass is 16.2. The molecule has 6 heteroatoms. The van der Waals surface area contributed by atoms with E-state index < -0.39 is 0 Å². The standard InChI is InChI=1S/C18H26N4O2/c1-13(2)20-17(24)22-9-7-18(12-22)10-15(18)16(23)21(3)11-14-6-4-5-8-19-14/h4-6,8,13,15H,7,9-12H2,1-3H3,(H,20,24)/t15-,18-/m0/s1. The molecule has 2 atom stereocenters. The van der Waals surface area contributed by atoms with E-state index in [9.17, 15) is 9.59 Å². The molecular formula is C18H26N4O2. The first-order valence-corrected chi connectivity index (χ1v) is 8.62. The van der Waals surface area contributed by atoms with E-state index in [1.165, 1.54) is 0 Å². The van der Waals surface area contributed by atoms with Crippen LogP contribution < -0.4 is 5.32 Å². The first-order chi connectivity index (χ1) is 11.4. The van der Waals surface area contributed by atoms with Gasteiger partial charge in [-0.05, 0) is 38.8 Å². The molecule has 24 heavy (non-hydrogen) atoms. The van der Waals surface area contributed by atoms with Crippen LogP contribution in [0.25, 0.3) is 0 Å². The van der Waals surface area contributed by atoms with Crippen LogP contribution in [0.15, 0.2) is 24.4 Å². The maximum absolute atomic E-state index is 12.7. The number of amides is 3. The highest BCUT2D eigenvalue weighted by Gasteiger charge is 2.61. The fourth-order valence-corrected chi connectivity index (χ4v) is 3.63. The Morgan fingerprint density at radius 2 is 2.25 bits per heavy atom. The maximum Gasteiger partial charge on any atom is 0.317 e. The third-order valence-corrected chi connectivity index (χ3v) is 5.07. The van der Waals surface area contributed by atoms with Crippen LogP contribution >= 0.6 is 0 Å². The number of hydrogen-bond donors (Lipinski definition) is 1. The second-order valence-electron chi connectivity index (χ2n) is 7.41. The number of hydrogen-bond acceptors (Lipinski definition) is 3. The van der Waals surface area contributed by atoms with Crippen LogP contribution in [0, 0.1) is 11.3 Å². The second-order valence-corrected chi connectivity index (χ2v) is 7.41. The van der Waals surface area contributed by atoms with Gasteiger partial charge in [-0.2, -0.15) is 0 Å². The lowest BCUT2D eigenvalue weighted by Gasteiger charge is -2.20. The quantitative estimate of drug-likeness (QED) is 0.916. The van der Waals surface area contributed by atoms with Crippen LogP contribution in [0.3, 0.4) is 0 Å². The molecule has 3 amide bonds. The molecule has 0 bridgehead atoms. The molecule has 2 aliphatic rings. The van der Waals surface area contributed by atoms with E-state index >= 15 is 0 Å². The number of pyridine rings is 1. The normalized spacial score (nSPS) is 25.2. The van der Waals surface area contributed by atoms with Gasteiger partial charge in [0.2, 0.25) is 5.91 Å². The zero-order valence-electron chi connectivity index (χ0n) is 14.7. The van der Waals surface area contributed by atoms with Gasteiger partial charge in [-0.3, -0.25) is 9.78 Å². The zero-order chi connectivity index (χ0) is 17.3. The molecule has 2 heterocycles. The molecule has 1 aromatic heterocycles. The van der Waals surface area contributed by atoms with Crippen LogP contribution in [-0.2, 0) is 11.3 Å². The average Bonchev–Trinajstić information content (AvgIpc) is 3.06. The summed E-state index contributed by atoms with van der Waals surface area (Å²) in [4.78, 5) is 32.7. The van der Waals surface area contributed by atoms with Crippen molar-refractivity contribution in [2.45, 2.75) is 39.3 Å². The van der Waals surface area contributed by atoms with Gasteiger partial charge in [-0.1, -0.05) is 6.07 Å². The van der Waals surface area contributed by atoms with Crippen molar-refractivity contribution < 1.29 is 9.59 Å². The molecule has 1 aromatic rings. The summed E-state index contributed by atoms with van der Waals surface area (Å²) in [6.45, 7) is 5.88. The van der Waals surface area contributed by atoms with Crippen molar-refractivity contribution in [2.24, 2.45) is 11.3 Å². The molecule has 3 rings (SSSR count). The number of aromatic nitrogens is 1. The summed E-state index contributed by atoms with van der Waals surface area (Å²) in [5, 5.41) is 2.93. The summed E-state index contributed by atoms with van der Waals surface area (Å²) in [5.74, 6) is 0.217. The number of urea groups is 1. The monoisotopic (exact) mass is 330 g/mol. The average molecular weight is 330 g/mol. The third kappa shape index (κ3) is 3.37. The summed E-state index contributed by atoms with van der Waals surface area (Å²) in [5.41, 5.74) is 0.899. The van der Waals surface area contributed by atoms with Crippen molar-refractivity contribution in [2.75, 3.05) is 20.1 Å². The molecule has 1 aliphatic carbocycles. The Balaban J connectivity index is 1.55. The maximum atomic E-state index is 12.7. The first kappa shape index (κ1) is 16.7. The van der Waals surface area contributed by atoms with E-state index in [1.54, 1.807) is 11.1 Å². The number of carbonyl (C=O) groups is 2. The number of nitrogens with zero attached hydrogens (tertiary/aromatic N) is 3. The molecule has 1 spiro atoms. The number of nitrogens with one attached hydrogen (secondary N) is 1. The van der Waals surface area contributed by atoms with Crippen molar-refractivity contribution in [1.29, 1.82) is 0 Å². The van der Waals surface area contributed by atoms with Crippen molar-refractivity contribution in [3.8, 4) is 0 Å². The summed E-state index contributed by atoms with van der Waals surface area (Å²) in [6.07, 6.45) is 3.56. The summed E-state index contributed by atoms with van der Waals surface area (Å²) in [6, 6.07) is 5.86. The third-order valence-electron chi connectivity index (χ3n) is 5.07. The van der Waals surface area contributed by atoms with Crippen molar-refractivity contribution in [1.82, 2.24) is 20.1 Å². The molecule has 0 radical (unpaired) electrons. The number of likely N-dealkylation sites (tertiary alicyclic amines) is 1. The lowest BCUT2D eigenvalue weighted by atomic mass is 10.0. The van der Waals surface area contributed by atoms with Crippen LogP contribution in [0.1, 0.15) is 32.4 Å². The zero-order valence-corrected chi connectivity index (χ0v) is 14.7.